The Kier molecular flexibility index (Phi) is 4.44. The molecule has 2 N–H and O–H groups in total. The van der Waals surface area contributed by atoms with Crippen LogP contribution in [0, 0.1) is 5.82 Å². The number of anilines is 1. The number of aliphatic hydroxyl groups excluding tert-OH is 2. The fourth-order valence-corrected chi connectivity index (χ4v) is 4.62. The summed E-state index contributed by atoms with van der Waals surface area (Å²) in [6.45, 7) is 0.121. The van der Waals surface area contributed by atoms with Gasteiger partial charge in [-0.3, -0.25) is 4.90 Å². The smallest absolute Gasteiger partial charge is 0.415 e. The molecule has 1 aromatic carbocycles. The van der Waals surface area contributed by atoms with Gasteiger partial charge in [0.15, 0.2) is 6.10 Å². The van der Waals surface area contributed by atoms with E-state index in [1.54, 1.807) is 12.1 Å². The van der Waals surface area contributed by atoms with Crippen LogP contribution < -0.4 is 9.64 Å². The van der Waals surface area contributed by atoms with E-state index in [0.29, 0.717) is 42.8 Å². The summed E-state index contributed by atoms with van der Waals surface area (Å²) in [6.07, 6.45) is 0.642. The van der Waals surface area contributed by atoms with Crippen molar-refractivity contribution < 1.29 is 33.4 Å². The molecule has 2 aromatic rings. The van der Waals surface area contributed by atoms with Gasteiger partial charge in [-0.15, -0.1) is 0 Å². The molecule has 5 rings (SSSR count). The van der Waals surface area contributed by atoms with E-state index in [0.717, 1.165) is 5.56 Å². The number of cyclic esters (lactones) is 1. The Morgan fingerprint density at radius 2 is 2.14 bits per heavy atom. The van der Waals surface area contributed by atoms with E-state index in [-0.39, 0.29) is 18.6 Å². The first kappa shape index (κ1) is 18.4. The molecule has 1 saturated carbocycles. The Labute approximate surface area is 165 Å². The van der Waals surface area contributed by atoms with Crippen molar-refractivity contribution in [3.05, 3.63) is 41.4 Å². The van der Waals surface area contributed by atoms with Crippen molar-refractivity contribution in [2.75, 3.05) is 11.5 Å². The average Bonchev–Trinajstić information content (AvgIpc) is 3.40. The Hall–Kier alpha value is -2.65. The van der Waals surface area contributed by atoms with Gasteiger partial charge in [-0.05, 0) is 54.0 Å². The number of amides is 1. The molecule has 1 amide bonds. The van der Waals surface area contributed by atoms with E-state index in [2.05, 4.69) is 5.16 Å². The third-order valence-corrected chi connectivity index (χ3v) is 6.13. The number of ether oxygens (including phenoxy) is 2. The molecule has 3 aliphatic rings. The number of nitrogens with zero attached hydrogens (tertiary/aromatic N) is 2. The molecule has 2 aliphatic heterocycles. The summed E-state index contributed by atoms with van der Waals surface area (Å²) in [5.74, 6) is -0.262. The van der Waals surface area contributed by atoms with Crippen molar-refractivity contribution in [1.82, 2.24) is 5.16 Å². The highest BCUT2D eigenvalue weighted by molar-refractivity contribution is 5.93. The monoisotopic (exact) mass is 404 g/mol. The number of carbonyl (C=O) groups excluding carboxylic acids is 1. The maximum absolute atomic E-state index is 14.9. The van der Waals surface area contributed by atoms with Gasteiger partial charge >= 0.3 is 6.09 Å². The standard InChI is InChI=1S/C20H21FN2O6/c21-13-8-14-11(5-12(13)10-1-2-16(24)17(25)7-10)6-15-18(29-20(26)23(14)15)9-27-19-3-4-28-22-19/h3-5,8,10,15-18,24-25H,1-2,6-7,9H2/t10?,15-,16?,17?,18-/m0/s1. The largest absolute Gasteiger partial charge is 0.471 e. The van der Waals surface area contributed by atoms with Gasteiger partial charge in [0.1, 0.15) is 18.7 Å². The summed E-state index contributed by atoms with van der Waals surface area (Å²) in [5.41, 5.74) is 1.91. The number of rotatable bonds is 4. The average molecular weight is 404 g/mol. The van der Waals surface area contributed by atoms with Gasteiger partial charge in [-0.25, -0.2) is 9.18 Å². The van der Waals surface area contributed by atoms with Gasteiger partial charge in [0.2, 0.25) is 0 Å². The Morgan fingerprint density at radius 1 is 1.28 bits per heavy atom. The van der Waals surface area contributed by atoms with Crippen LogP contribution in [0.3, 0.4) is 0 Å². The van der Waals surface area contributed by atoms with E-state index in [9.17, 15) is 19.4 Å². The van der Waals surface area contributed by atoms with Crippen LogP contribution in [0.2, 0.25) is 0 Å². The number of carbonyl (C=O) groups is 1. The number of hydrogen-bond donors (Lipinski definition) is 2. The summed E-state index contributed by atoms with van der Waals surface area (Å²) in [7, 11) is 0. The minimum atomic E-state index is -0.849. The van der Waals surface area contributed by atoms with Crippen molar-refractivity contribution in [3.63, 3.8) is 0 Å². The van der Waals surface area contributed by atoms with Crippen LogP contribution in [-0.2, 0) is 11.2 Å². The molecule has 1 aliphatic carbocycles. The predicted octanol–water partition coefficient (Wildman–Crippen LogP) is 2.13. The molecule has 0 bridgehead atoms. The first-order valence-corrected chi connectivity index (χ1v) is 9.72. The lowest BCUT2D eigenvalue weighted by Crippen LogP contribution is -2.36. The number of benzene rings is 1. The van der Waals surface area contributed by atoms with Crippen LogP contribution in [0.15, 0.2) is 29.0 Å². The summed E-state index contributed by atoms with van der Waals surface area (Å²) in [5, 5.41) is 23.4. The highest BCUT2D eigenvalue weighted by Gasteiger charge is 2.48. The molecule has 0 spiro atoms. The normalized spacial score (nSPS) is 30.8. The molecule has 8 nitrogen and oxygen atoms in total. The molecular weight excluding hydrogens is 383 g/mol. The van der Waals surface area contributed by atoms with Crippen molar-refractivity contribution >= 4 is 11.8 Å². The van der Waals surface area contributed by atoms with Crippen LogP contribution in [0.25, 0.3) is 0 Å². The quantitative estimate of drug-likeness (QED) is 0.804. The van der Waals surface area contributed by atoms with Gasteiger partial charge in [0.05, 0.1) is 23.9 Å². The van der Waals surface area contributed by atoms with Crippen LogP contribution >= 0.6 is 0 Å². The third kappa shape index (κ3) is 3.14. The number of aromatic nitrogens is 1. The zero-order chi connectivity index (χ0) is 20.1. The lowest BCUT2D eigenvalue weighted by atomic mass is 9.80. The SMILES string of the molecule is O=C1O[C@@H](COc2ccon2)[C@@H]2Cc3cc(C4CCC(O)C(O)C4)c(F)cc3N12. The summed E-state index contributed by atoms with van der Waals surface area (Å²) < 4.78 is 30.6. The van der Waals surface area contributed by atoms with Gasteiger partial charge in [0.25, 0.3) is 5.88 Å². The van der Waals surface area contributed by atoms with Crippen molar-refractivity contribution in [2.45, 2.75) is 56.0 Å². The topological polar surface area (TPSA) is 105 Å². The van der Waals surface area contributed by atoms with Gasteiger partial charge in [0, 0.05) is 6.07 Å². The van der Waals surface area contributed by atoms with E-state index < -0.39 is 30.2 Å². The van der Waals surface area contributed by atoms with E-state index in [4.69, 9.17) is 14.0 Å². The number of halogens is 1. The number of hydrogen-bond acceptors (Lipinski definition) is 7. The minimum Gasteiger partial charge on any atom is -0.471 e. The fraction of sp³-hybridized carbons (Fsp3) is 0.500. The first-order valence-electron chi connectivity index (χ1n) is 9.72. The first-order chi connectivity index (χ1) is 14.0. The van der Waals surface area contributed by atoms with E-state index >= 15 is 0 Å². The molecule has 29 heavy (non-hydrogen) atoms. The van der Waals surface area contributed by atoms with Crippen molar-refractivity contribution in [3.8, 4) is 5.88 Å². The van der Waals surface area contributed by atoms with E-state index in [1.165, 1.54) is 17.2 Å². The summed E-state index contributed by atoms with van der Waals surface area (Å²) in [6, 6.07) is 4.46. The van der Waals surface area contributed by atoms with Crippen LogP contribution in [0.5, 0.6) is 5.88 Å². The lowest BCUT2D eigenvalue weighted by molar-refractivity contribution is -0.0152. The molecule has 154 valence electrons. The van der Waals surface area contributed by atoms with E-state index in [1.807, 2.05) is 0 Å². The molecule has 1 aromatic heterocycles. The second-order valence-electron chi connectivity index (χ2n) is 7.86. The molecule has 2 fully saturated rings. The molecule has 1 saturated heterocycles. The lowest BCUT2D eigenvalue weighted by Gasteiger charge is -2.30. The molecule has 3 heterocycles. The second kappa shape index (κ2) is 7.00. The van der Waals surface area contributed by atoms with Gasteiger partial charge < -0.3 is 24.2 Å². The predicted molar refractivity (Wildman–Crippen MR) is 97.2 cm³/mol. The maximum atomic E-state index is 14.9. The van der Waals surface area contributed by atoms with Gasteiger partial charge in [-0.1, -0.05) is 6.07 Å². The summed E-state index contributed by atoms with van der Waals surface area (Å²) >= 11 is 0. The highest BCUT2D eigenvalue weighted by atomic mass is 19.1. The third-order valence-electron chi connectivity index (χ3n) is 6.13. The molecule has 9 heteroatoms. The Morgan fingerprint density at radius 3 is 2.90 bits per heavy atom. The minimum absolute atomic E-state index is 0.121. The molecule has 0 radical (unpaired) electrons. The summed E-state index contributed by atoms with van der Waals surface area (Å²) in [4.78, 5) is 13.9. The Bertz CT molecular complexity index is 920. The molecule has 3 unspecified atom stereocenters. The Balaban J connectivity index is 1.36. The second-order valence-corrected chi connectivity index (χ2v) is 7.86. The molecular formula is C20H21FN2O6. The van der Waals surface area contributed by atoms with Gasteiger partial charge in [-0.2, -0.15) is 0 Å². The van der Waals surface area contributed by atoms with Crippen molar-refractivity contribution in [1.29, 1.82) is 0 Å². The van der Waals surface area contributed by atoms with Crippen LogP contribution in [-0.4, -0.2) is 52.4 Å². The van der Waals surface area contributed by atoms with Crippen LogP contribution in [0.1, 0.15) is 36.3 Å². The maximum Gasteiger partial charge on any atom is 0.415 e. The zero-order valence-corrected chi connectivity index (χ0v) is 15.5. The fourth-order valence-electron chi connectivity index (χ4n) is 4.62. The zero-order valence-electron chi connectivity index (χ0n) is 15.5. The highest BCUT2D eigenvalue weighted by Crippen LogP contribution is 2.43. The molecule has 5 atom stereocenters. The number of fused-ring (bicyclic) bond motifs is 3. The van der Waals surface area contributed by atoms with Crippen molar-refractivity contribution in [2.24, 2.45) is 0 Å². The number of aliphatic hydroxyl groups is 2. The van der Waals surface area contributed by atoms with Crippen LogP contribution in [0.4, 0.5) is 14.9 Å².